The molecule has 220 valence electrons. The van der Waals surface area contributed by atoms with E-state index in [1.807, 2.05) is 80.8 Å². The van der Waals surface area contributed by atoms with Crippen molar-refractivity contribution in [1.29, 1.82) is 0 Å². The first kappa shape index (κ1) is 28.4. The van der Waals surface area contributed by atoms with Crippen molar-refractivity contribution >= 4 is 50.6 Å². The maximum atomic E-state index is 13.6. The number of rotatable bonds is 9. The second kappa shape index (κ2) is 12.3. The molecule has 0 bridgehead atoms. The number of likely N-dealkylation sites (tertiary alicyclic amines) is 1. The number of benzene rings is 2. The highest BCUT2D eigenvalue weighted by atomic mass is 32.1. The molecular formula is C33H34N6O3S. The third-order valence-electron chi connectivity index (χ3n) is 7.47. The van der Waals surface area contributed by atoms with E-state index in [0.717, 1.165) is 42.8 Å². The number of carbonyl (C=O) groups is 2. The van der Waals surface area contributed by atoms with Crippen molar-refractivity contribution in [3.8, 4) is 11.5 Å². The topological polar surface area (TPSA) is 90.0 Å². The number of carbonyl (C=O) groups excluding carboxylic acids is 2. The molecule has 1 saturated heterocycles. The van der Waals surface area contributed by atoms with E-state index in [-0.39, 0.29) is 18.0 Å². The number of amides is 3. The molecule has 43 heavy (non-hydrogen) atoms. The third kappa shape index (κ3) is 6.11. The monoisotopic (exact) mass is 594 g/mol. The van der Waals surface area contributed by atoms with Crippen LogP contribution in [0.4, 0.5) is 21.9 Å². The van der Waals surface area contributed by atoms with Gasteiger partial charge < -0.3 is 25.2 Å². The van der Waals surface area contributed by atoms with E-state index < -0.39 is 0 Å². The van der Waals surface area contributed by atoms with Crippen LogP contribution in [-0.2, 0) is 0 Å². The maximum Gasteiger partial charge on any atom is 0.331 e. The van der Waals surface area contributed by atoms with Gasteiger partial charge in [-0.3, -0.25) is 9.69 Å². The molecule has 0 radical (unpaired) electrons. The van der Waals surface area contributed by atoms with Gasteiger partial charge in [-0.05, 0) is 75.5 Å². The summed E-state index contributed by atoms with van der Waals surface area (Å²) < 4.78 is 5.91. The first-order chi connectivity index (χ1) is 20.9. The van der Waals surface area contributed by atoms with E-state index in [1.54, 1.807) is 11.1 Å². The van der Waals surface area contributed by atoms with Crippen molar-refractivity contribution in [2.45, 2.75) is 18.9 Å². The van der Waals surface area contributed by atoms with Crippen LogP contribution >= 0.6 is 11.3 Å². The average Bonchev–Trinajstić information content (AvgIpc) is 3.38. The van der Waals surface area contributed by atoms with E-state index in [4.69, 9.17) is 4.74 Å². The molecule has 6 rings (SSSR count). The third-order valence-corrected chi connectivity index (χ3v) is 8.57. The predicted molar refractivity (Wildman–Crippen MR) is 173 cm³/mol. The number of pyridine rings is 1. The number of piperidine rings is 1. The molecule has 2 N–H and O–H groups in total. The van der Waals surface area contributed by atoms with Crippen LogP contribution in [0.15, 0.2) is 91.3 Å². The molecule has 4 heterocycles. The first-order valence-corrected chi connectivity index (χ1v) is 15.1. The van der Waals surface area contributed by atoms with Gasteiger partial charge in [-0.25, -0.2) is 9.78 Å². The fraction of sp³-hybridized carbons (Fsp3) is 0.242. The summed E-state index contributed by atoms with van der Waals surface area (Å²) in [6.45, 7) is 6.66. The molecule has 4 aromatic rings. The SMILES string of the molecule is C=C(/C=C/CN(C)C)N1CCC[C@@H](NC(=O)c2sc3nccc4c3c2NC(=O)N4c2ccc(Oc3ccccc3)cc2)C1. The minimum atomic E-state index is -0.339. The molecule has 1 atom stereocenters. The molecule has 2 aliphatic heterocycles. The van der Waals surface area contributed by atoms with E-state index in [1.165, 1.54) is 11.3 Å². The number of thiophene rings is 1. The number of anilines is 3. The Kier molecular flexibility index (Phi) is 8.13. The Bertz CT molecular complexity index is 1680. The van der Waals surface area contributed by atoms with E-state index in [9.17, 15) is 9.59 Å². The Morgan fingerprint density at radius 2 is 1.93 bits per heavy atom. The molecule has 1 fully saturated rings. The van der Waals surface area contributed by atoms with Gasteiger partial charge in [0.25, 0.3) is 5.91 Å². The number of hydrogen-bond donors (Lipinski definition) is 2. The first-order valence-electron chi connectivity index (χ1n) is 14.3. The van der Waals surface area contributed by atoms with Crippen molar-refractivity contribution in [3.05, 3.63) is 96.2 Å². The van der Waals surface area contributed by atoms with Gasteiger partial charge in [0.05, 0.1) is 22.4 Å². The van der Waals surface area contributed by atoms with Gasteiger partial charge >= 0.3 is 6.03 Å². The Hall–Kier alpha value is -4.67. The fourth-order valence-corrected chi connectivity index (χ4v) is 6.42. The fourth-order valence-electron chi connectivity index (χ4n) is 5.40. The van der Waals surface area contributed by atoms with Crippen molar-refractivity contribution in [3.63, 3.8) is 0 Å². The minimum Gasteiger partial charge on any atom is -0.457 e. The highest BCUT2D eigenvalue weighted by molar-refractivity contribution is 7.21. The number of urea groups is 1. The Morgan fingerprint density at radius 1 is 1.16 bits per heavy atom. The molecule has 0 aliphatic carbocycles. The lowest BCUT2D eigenvalue weighted by Crippen LogP contribution is -2.47. The standard InChI is InChI=1S/C33H34N6O3S/c1-22(9-7-19-37(2)3)38-20-8-10-23(21-38)35-31(40)30-29-28-27(17-18-34-32(28)43-30)39(33(41)36-29)24-13-15-26(16-14-24)42-25-11-5-4-6-12-25/h4-7,9,11-18,23H,1,8,10,19-21H2,2-3H3,(H,35,40)(H,36,41)/b9-7+/t23-/m1/s1. The van der Waals surface area contributed by atoms with Gasteiger partial charge in [0, 0.05) is 37.6 Å². The van der Waals surface area contributed by atoms with Crippen molar-refractivity contribution in [1.82, 2.24) is 20.1 Å². The minimum absolute atomic E-state index is 0.0301. The van der Waals surface area contributed by atoms with Crippen LogP contribution in [0.2, 0.25) is 0 Å². The normalized spacial score (nSPS) is 16.5. The largest absolute Gasteiger partial charge is 0.457 e. The highest BCUT2D eigenvalue weighted by Gasteiger charge is 2.33. The number of aromatic nitrogens is 1. The van der Waals surface area contributed by atoms with Crippen LogP contribution < -0.4 is 20.3 Å². The number of ether oxygens (including phenoxy) is 1. The summed E-state index contributed by atoms with van der Waals surface area (Å²) in [5.41, 5.74) is 2.81. The Labute approximate surface area is 255 Å². The molecule has 2 aromatic heterocycles. The zero-order chi connectivity index (χ0) is 29.9. The van der Waals surface area contributed by atoms with Gasteiger partial charge in [0.1, 0.15) is 21.2 Å². The van der Waals surface area contributed by atoms with E-state index in [0.29, 0.717) is 39.1 Å². The van der Waals surface area contributed by atoms with Crippen LogP contribution in [0.3, 0.4) is 0 Å². The molecule has 2 aromatic carbocycles. The molecule has 10 heteroatoms. The predicted octanol–water partition coefficient (Wildman–Crippen LogP) is 6.60. The quantitative estimate of drug-likeness (QED) is 0.212. The van der Waals surface area contributed by atoms with Gasteiger partial charge in [0.2, 0.25) is 0 Å². The maximum absolute atomic E-state index is 13.6. The summed E-state index contributed by atoms with van der Waals surface area (Å²) in [6, 6.07) is 18.3. The zero-order valence-electron chi connectivity index (χ0n) is 24.2. The summed E-state index contributed by atoms with van der Waals surface area (Å²) in [5.74, 6) is 1.19. The summed E-state index contributed by atoms with van der Waals surface area (Å²) in [7, 11) is 4.05. The molecule has 9 nitrogen and oxygen atoms in total. The van der Waals surface area contributed by atoms with Crippen LogP contribution in [0.25, 0.3) is 10.2 Å². The molecule has 3 amide bonds. The van der Waals surface area contributed by atoms with Crippen LogP contribution in [0.5, 0.6) is 11.5 Å². The zero-order valence-corrected chi connectivity index (χ0v) is 25.1. The Morgan fingerprint density at radius 3 is 2.70 bits per heavy atom. The van der Waals surface area contributed by atoms with Crippen molar-refractivity contribution in [2.75, 3.05) is 43.9 Å². The van der Waals surface area contributed by atoms with Crippen LogP contribution in [0.1, 0.15) is 22.5 Å². The van der Waals surface area contributed by atoms with E-state index >= 15 is 0 Å². The number of nitrogens with one attached hydrogen (secondary N) is 2. The van der Waals surface area contributed by atoms with Crippen molar-refractivity contribution in [2.24, 2.45) is 0 Å². The summed E-state index contributed by atoms with van der Waals surface area (Å²) in [5, 5.41) is 6.94. The lowest BCUT2D eigenvalue weighted by atomic mass is 10.0. The van der Waals surface area contributed by atoms with Crippen LogP contribution in [-0.4, -0.2) is 66.5 Å². The van der Waals surface area contributed by atoms with Gasteiger partial charge in [-0.1, -0.05) is 30.9 Å². The molecular weight excluding hydrogens is 560 g/mol. The lowest BCUT2D eigenvalue weighted by Gasteiger charge is -2.35. The average molecular weight is 595 g/mol. The summed E-state index contributed by atoms with van der Waals surface area (Å²) in [4.78, 5) is 38.7. The van der Waals surface area contributed by atoms with Gasteiger partial charge in [-0.2, -0.15) is 0 Å². The summed E-state index contributed by atoms with van der Waals surface area (Å²) >= 11 is 1.29. The second-order valence-corrected chi connectivity index (χ2v) is 11.9. The lowest BCUT2D eigenvalue weighted by molar-refractivity contribution is 0.0920. The smallest absolute Gasteiger partial charge is 0.331 e. The van der Waals surface area contributed by atoms with E-state index in [2.05, 4.69) is 38.1 Å². The Balaban J connectivity index is 1.20. The number of hydrogen-bond acceptors (Lipinski definition) is 7. The number of para-hydroxylation sites is 1. The molecule has 0 spiro atoms. The second-order valence-electron chi connectivity index (χ2n) is 10.9. The number of likely N-dealkylation sites (N-methyl/N-ethyl adjacent to an activating group) is 1. The molecule has 2 aliphatic rings. The van der Waals surface area contributed by atoms with Gasteiger partial charge in [0.15, 0.2) is 0 Å². The molecule has 0 saturated carbocycles. The number of nitrogens with zero attached hydrogens (tertiary/aromatic N) is 4. The molecule has 0 unspecified atom stereocenters. The van der Waals surface area contributed by atoms with Crippen molar-refractivity contribution < 1.29 is 14.3 Å². The highest BCUT2D eigenvalue weighted by Crippen LogP contribution is 2.46. The van der Waals surface area contributed by atoms with Gasteiger partial charge in [-0.15, -0.1) is 11.3 Å². The van der Waals surface area contributed by atoms with Crippen LogP contribution in [0, 0.1) is 0 Å². The summed E-state index contributed by atoms with van der Waals surface area (Å²) in [6.07, 6.45) is 7.64. The number of allylic oxidation sites excluding steroid dienone is 1.